The van der Waals surface area contributed by atoms with Crippen molar-refractivity contribution in [2.75, 3.05) is 11.5 Å². The van der Waals surface area contributed by atoms with Crippen molar-refractivity contribution in [3.63, 3.8) is 0 Å². The molecule has 3 aromatic rings. The van der Waals surface area contributed by atoms with Gasteiger partial charge in [-0.25, -0.2) is 9.37 Å². The average molecular weight is 259 g/mol. The number of hydrogen-bond acceptors (Lipinski definition) is 4. The zero-order chi connectivity index (χ0) is 12.7. The van der Waals surface area contributed by atoms with Crippen LogP contribution in [0.15, 0.2) is 36.4 Å². The lowest BCUT2D eigenvalue weighted by Gasteiger charge is -2.00. The smallest absolute Gasteiger partial charge is 0.125 e. The van der Waals surface area contributed by atoms with Crippen LogP contribution in [0.1, 0.15) is 0 Å². The molecule has 0 aliphatic rings. The van der Waals surface area contributed by atoms with Gasteiger partial charge in [0.2, 0.25) is 0 Å². The molecular weight excluding hydrogens is 249 g/mol. The molecule has 1 heterocycles. The van der Waals surface area contributed by atoms with Gasteiger partial charge in [-0.2, -0.15) is 0 Å². The summed E-state index contributed by atoms with van der Waals surface area (Å²) < 4.78 is 14.0. The zero-order valence-corrected chi connectivity index (χ0v) is 10.2. The van der Waals surface area contributed by atoms with Crippen LogP contribution in [0.4, 0.5) is 15.8 Å². The second kappa shape index (κ2) is 3.96. The molecule has 4 N–H and O–H groups in total. The van der Waals surface area contributed by atoms with E-state index in [-0.39, 0.29) is 5.82 Å². The van der Waals surface area contributed by atoms with Crippen molar-refractivity contribution < 1.29 is 4.39 Å². The molecular formula is C13H10FN3S. The third-order valence-electron chi connectivity index (χ3n) is 2.57. The second-order valence-corrected chi connectivity index (χ2v) is 5.05. The summed E-state index contributed by atoms with van der Waals surface area (Å²) in [4.78, 5) is 4.39. The zero-order valence-electron chi connectivity index (χ0n) is 9.35. The lowest BCUT2D eigenvalue weighted by atomic mass is 10.2. The summed E-state index contributed by atoms with van der Waals surface area (Å²) in [6.07, 6.45) is 0. The summed E-state index contributed by atoms with van der Waals surface area (Å²) in [5.41, 5.74) is 14.2. The first-order chi connectivity index (χ1) is 8.61. The molecule has 0 radical (unpaired) electrons. The number of aromatic nitrogens is 1. The molecule has 0 spiro atoms. The van der Waals surface area contributed by atoms with Crippen LogP contribution < -0.4 is 11.5 Å². The molecule has 0 aliphatic carbocycles. The minimum atomic E-state index is -0.286. The number of halogens is 1. The minimum absolute atomic E-state index is 0.286. The Morgan fingerprint density at radius 2 is 1.72 bits per heavy atom. The summed E-state index contributed by atoms with van der Waals surface area (Å²) in [7, 11) is 0. The lowest BCUT2D eigenvalue weighted by molar-refractivity contribution is 0.629. The van der Waals surface area contributed by atoms with E-state index in [0.29, 0.717) is 16.9 Å². The fraction of sp³-hybridized carbons (Fsp3) is 0. The Morgan fingerprint density at radius 1 is 1.00 bits per heavy atom. The van der Waals surface area contributed by atoms with Gasteiger partial charge < -0.3 is 11.5 Å². The molecule has 2 aromatic carbocycles. The van der Waals surface area contributed by atoms with Gasteiger partial charge in [0.05, 0.1) is 10.2 Å². The number of benzene rings is 2. The fourth-order valence-electron chi connectivity index (χ4n) is 1.82. The van der Waals surface area contributed by atoms with Gasteiger partial charge in [-0.15, -0.1) is 11.3 Å². The number of nitrogens with two attached hydrogens (primary N) is 2. The molecule has 0 unspecified atom stereocenters. The van der Waals surface area contributed by atoms with Gasteiger partial charge in [0, 0.05) is 23.0 Å². The molecule has 3 nitrogen and oxygen atoms in total. The van der Waals surface area contributed by atoms with E-state index in [1.54, 1.807) is 12.1 Å². The van der Waals surface area contributed by atoms with Gasteiger partial charge in [-0.05, 0) is 30.3 Å². The molecule has 0 bridgehead atoms. The van der Waals surface area contributed by atoms with Crippen molar-refractivity contribution >= 4 is 32.9 Å². The Morgan fingerprint density at radius 3 is 2.44 bits per heavy atom. The Balaban J connectivity index is 2.19. The van der Waals surface area contributed by atoms with Crippen molar-refractivity contribution in [3.8, 4) is 10.6 Å². The first kappa shape index (κ1) is 11.0. The van der Waals surface area contributed by atoms with E-state index in [9.17, 15) is 4.39 Å². The number of fused-ring (bicyclic) bond motifs is 1. The van der Waals surface area contributed by atoms with Gasteiger partial charge in [0.1, 0.15) is 10.8 Å². The van der Waals surface area contributed by atoms with Crippen LogP contribution in [0.2, 0.25) is 0 Å². The summed E-state index contributed by atoms with van der Waals surface area (Å²) in [6, 6.07) is 9.88. The van der Waals surface area contributed by atoms with Gasteiger partial charge in [0.25, 0.3) is 0 Å². The van der Waals surface area contributed by atoms with Crippen LogP contribution >= 0.6 is 11.3 Å². The number of rotatable bonds is 1. The molecule has 0 amide bonds. The average Bonchev–Trinajstić information content (AvgIpc) is 2.70. The van der Waals surface area contributed by atoms with Crippen LogP contribution in [-0.4, -0.2) is 4.98 Å². The van der Waals surface area contributed by atoms with Crippen molar-refractivity contribution in [2.45, 2.75) is 0 Å². The fourth-order valence-corrected chi connectivity index (χ4v) is 2.76. The molecule has 1 aromatic heterocycles. The van der Waals surface area contributed by atoms with Crippen molar-refractivity contribution in [1.82, 2.24) is 4.98 Å². The molecule has 0 saturated carbocycles. The standard InChI is InChI=1S/C13H10FN3S/c14-8-1-2-12-11(5-8)17-13(18-12)7-3-9(15)6-10(16)4-7/h1-6H,15-16H2. The van der Waals surface area contributed by atoms with Gasteiger partial charge in [-0.1, -0.05) is 0 Å². The van der Waals surface area contributed by atoms with E-state index in [1.165, 1.54) is 23.5 Å². The van der Waals surface area contributed by atoms with Crippen molar-refractivity contribution in [2.24, 2.45) is 0 Å². The Bertz CT molecular complexity index is 716. The van der Waals surface area contributed by atoms with Crippen molar-refractivity contribution in [3.05, 3.63) is 42.2 Å². The van der Waals surface area contributed by atoms with Crippen LogP contribution in [0.5, 0.6) is 0 Å². The topological polar surface area (TPSA) is 64.9 Å². The van der Waals surface area contributed by atoms with Crippen LogP contribution in [0, 0.1) is 5.82 Å². The maximum atomic E-state index is 13.1. The largest absolute Gasteiger partial charge is 0.399 e. The lowest BCUT2D eigenvalue weighted by Crippen LogP contribution is -1.90. The third-order valence-corrected chi connectivity index (χ3v) is 3.66. The summed E-state index contributed by atoms with van der Waals surface area (Å²) in [5.74, 6) is -0.286. The second-order valence-electron chi connectivity index (χ2n) is 4.02. The van der Waals surface area contributed by atoms with Gasteiger partial charge >= 0.3 is 0 Å². The molecule has 5 heteroatoms. The summed E-state index contributed by atoms with van der Waals surface area (Å²) in [5, 5.41) is 0.787. The Kier molecular flexibility index (Phi) is 2.41. The number of anilines is 2. The van der Waals surface area contributed by atoms with E-state index in [0.717, 1.165) is 15.3 Å². The first-order valence-electron chi connectivity index (χ1n) is 5.34. The van der Waals surface area contributed by atoms with E-state index in [4.69, 9.17) is 11.5 Å². The van der Waals surface area contributed by atoms with E-state index >= 15 is 0 Å². The molecule has 0 aliphatic heterocycles. The van der Waals surface area contributed by atoms with Gasteiger partial charge in [-0.3, -0.25) is 0 Å². The first-order valence-corrected chi connectivity index (χ1v) is 6.16. The predicted molar refractivity (Wildman–Crippen MR) is 73.8 cm³/mol. The van der Waals surface area contributed by atoms with Crippen LogP contribution in [-0.2, 0) is 0 Å². The molecule has 3 rings (SSSR count). The van der Waals surface area contributed by atoms with E-state index in [1.807, 2.05) is 12.1 Å². The molecule has 0 fully saturated rings. The highest BCUT2D eigenvalue weighted by Gasteiger charge is 2.08. The molecule has 0 atom stereocenters. The number of nitrogens with zero attached hydrogens (tertiary/aromatic N) is 1. The number of thiazole rings is 1. The maximum absolute atomic E-state index is 13.1. The highest BCUT2D eigenvalue weighted by Crippen LogP contribution is 2.32. The van der Waals surface area contributed by atoms with E-state index < -0.39 is 0 Å². The number of hydrogen-bond donors (Lipinski definition) is 2. The molecule has 90 valence electrons. The highest BCUT2D eigenvalue weighted by molar-refractivity contribution is 7.21. The predicted octanol–water partition coefficient (Wildman–Crippen LogP) is 3.27. The third kappa shape index (κ3) is 1.89. The SMILES string of the molecule is Nc1cc(N)cc(-c2nc3cc(F)ccc3s2)c1. The van der Waals surface area contributed by atoms with E-state index in [2.05, 4.69) is 4.98 Å². The van der Waals surface area contributed by atoms with Crippen molar-refractivity contribution in [1.29, 1.82) is 0 Å². The van der Waals surface area contributed by atoms with Crippen LogP contribution in [0.3, 0.4) is 0 Å². The maximum Gasteiger partial charge on any atom is 0.125 e. The highest BCUT2D eigenvalue weighted by atomic mass is 32.1. The van der Waals surface area contributed by atoms with Crippen LogP contribution in [0.25, 0.3) is 20.8 Å². The summed E-state index contributed by atoms with van der Waals surface area (Å²) >= 11 is 1.49. The Hall–Kier alpha value is -2.14. The monoisotopic (exact) mass is 259 g/mol. The minimum Gasteiger partial charge on any atom is -0.399 e. The Labute approximate surface area is 107 Å². The quantitative estimate of drug-likeness (QED) is 0.659. The molecule has 18 heavy (non-hydrogen) atoms. The summed E-state index contributed by atoms with van der Waals surface area (Å²) in [6.45, 7) is 0. The number of nitrogen functional groups attached to an aromatic ring is 2. The van der Waals surface area contributed by atoms with Gasteiger partial charge in [0.15, 0.2) is 0 Å². The molecule has 0 saturated heterocycles. The normalized spacial score (nSPS) is 10.9.